The van der Waals surface area contributed by atoms with E-state index >= 15 is 0 Å². The summed E-state index contributed by atoms with van der Waals surface area (Å²) in [4.78, 5) is 12.3. The van der Waals surface area contributed by atoms with Crippen molar-refractivity contribution in [3.8, 4) is 0 Å². The standard InChI is InChI=1S/C18H21NO2S.C18H18O4S.CH4.Na.H2O/c1-19-13-15-7-5-6-14-12-17(10-11-18(14)15)22(20,21)16-8-3-2-4-9-16;19-18(20)12-14-6-4-5-13-11-16(9-10-17(13)14)23(21,22)15-7-2-1-3-8-15;;;/h2-4,8-12,15,19H,5-7,13H2,1H3;1-3,7-11,14H,4-6,12H2,(H,19,20);1H4;;1H2/q;;;+1;/p-1/t15-;14-;;;/m00.../s1. The summed E-state index contributed by atoms with van der Waals surface area (Å²) in [6.45, 7) is 0.942. The molecule has 0 saturated heterocycles. The van der Waals surface area contributed by atoms with E-state index < -0.39 is 25.6 Å². The molecule has 4 aromatic rings. The normalized spacial score (nSPS) is 16.6. The minimum atomic E-state index is -3.53. The van der Waals surface area contributed by atoms with E-state index in [0.717, 1.165) is 49.8 Å². The van der Waals surface area contributed by atoms with Crippen LogP contribution in [0.4, 0.5) is 0 Å². The second kappa shape index (κ2) is 18.2. The van der Waals surface area contributed by atoms with E-state index in [9.17, 15) is 21.6 Å². The van der Waals surface area contributed by atoms with Crippen LogP contribution in [0.25, 0.3) is 0 Å². The Morgan fingerprint density at radius 2 is 1.10 bits per heavy atom. The molecule has 8 nitrogen and oxygen atoms in total. The number of carboxylic acid groups (broad SMARTS) is 1. The Hall–Kier alpha value is -2.83. The zero-order chi connectivity index (χ0) is 32.0. The Morgan fingerprint density at radius 3 is 1.52 bits per heavy atom. The third-order valence-corrected chi connectivity index (χ3v) is 12.2. The van der Waals surface area contributed by atoms with Crippen molar-refractivity contribution in [1.82, 2.24) is 5.32 Å². The molecule has 0 fully saturated rings. The number of benzene rings is 4. The zero-order valence-corrected chi connectivity index (χ0v) is 30.4. The number of hydrogen-bond acceptors (Lipinski definition) is 7. The Morgan fingerprint density at radius 1 is 0.688 bits per heavy atom. The van der Waals surface area contributed by atoms with Gasteiger partial charge in [-0.05, 0) is 128 Å². The van der Waals surface area contributed by atoms with Crippen molar-refractivity contribution < 1.29 is 61.8 Å². The van der Waals surface area contributed by atoms with E-state index in [2.05, 4.69) is 5.32 Å². The molecule has 0 heterocycles. The van der Waals surface area contributed by atoms with Crippen LogP contribution in [-0.4, -0.2) is 47.0 Å². The first-order chi connectivity index (χ1) is 21.6. The largest absolute Gasteiger partial charge is 1.00 e. The smallest absolute Gasteiger partial charge is 0.870 e. The van der Waals surface area contributed by atoms with Crippen molar-refractivity contribution in [2.75, 3.05) is 13.6 Å². The number of likely N-dealkylation sites (N-methyl/N-ethyl adjacent to an activating group) is 1. The van der Waals surface area contributed by atoms with Crippen molar-refractivity contribution in [3.63, 3.8) is 0 Å². The van der Waals surface area contributed by atoms with E-state index in [-0.39, 0.29) is 64.6 Å². The second-order valence-electron chi connectivity index (χ2n) is 11.7. The van der Waals surface area contributed by atoms with Crippen LogP contribution in [0.5, 0.6) is 0 Å². The van der Waals surface area contributed by atoms with Gasteiger partial charge in [0.05, 0.1) is 26.0 Å². The molecule has 0 bridgehead atoms. The maximum absolute atomic E-state index is 12.7. The van der Waals surface area contributed by atoms with Crippen LogP contribution in [0.1, 0.15) is 73.6 Å². The number of aryl methyl sites for hydroxylation is 2. The average molecular weight is 702 g/mol. The molecule has 0 unspecified atom stereocenters. The van der Waals surface area contributed by atoms with Crippen molar-refractivity contribution >= 4 is 25.6 Å². The van der Waals surface area contributed by atoms with E-state index in [0.29, 0.717) is 15.7 Å². The molecule has 48 heavy (non-hydrogen) atoms. The van der Waals surface area contributed by atoms with Crippen LogP contribution in [0.2, 0.25) is 0 Å². The van der Waals surface area contributed by atoms with Gasteiger partial charge in [-0.25, -0.2) is 16.8 Å². The number of fused-ring (bicyclic) bond motifs is 2. The average Bonchev–Trinajstić information content (AvgIpc) is 3.05. The molecule has 0 saturated carbocycles. The van der Waals surface area contributed by atoms with Gasteiger partial charge in [-0.15, -0.1) is 0 Å². The molecule has 0 spiro atoms. The van der Waals surface area contributed by atoms with Gasteiger partial charge >= 0.3 is 35.5 Å². The summed E-state index contributed by atoms with van der Waals surface area (Å²) in [6, 6.07) is 27.7. The molecule has 2 atom stereocenters. The van der Waals surface area contributed by atoms with Crippen LogP contribution < -0.4 is 34.9 Å². The summed E-state index contributed by atoms with van der Waals surface area (Å²) in [5, 5.41) is 12.3. The topological polar surface area (TPSA) is 148 Å². The van der Waals surface area contributed by atoms with Gasteiger partial charge in [-0.3, -0.25) is 4.79 Å². The summed E-state index contributed by atoms with van der Waals surface area (Å²) >= 11 is 0. The fourth-order valence-corrected chi connectivity index (χ4v) is 9.13. The van der Waals surface area contributed by atoms with Crippen LogP contribution in [0.15, 0.2) is 117 Å². The Bertz CT molecular complexity index is 1870. The molecule has 6 rings (SSSR count). The fourth-order valence-electron chi connectivity index (χ4n) is 6.47. The van der Waals surface area contributed by atoms with Gasteiger partial charge in [0.15, 0.2) is 0 Å². The first-order valence-corrected chi connectivity index (χ1v) is 18.3. The van der Waals surface area contributed by atoms with Crippen LogP contribution in [-0.2, 0) is 37.3 Å². The molecule has 11 heteroatoms. The Labute approximate surface area is 307 Å². The quantitative estimate of drug-likeness (QED) is 0.262. The van der Waals surface area contributed by atoms with Crippen molar-refractivity contribution in [3.05, 3.63) is 119 Å². The molecule has 252 valence electrons. The van der Waals surface area contributed by atoms with Crippen LogP contribution >= 0.6 is 0 Å². The molecular weight excluding hydrogens is 658 g/mol. The van der Waals surface area contributed by atoms with Crippen molar-refractivity contribution in [1.29, 1.82) is 0 Å². The minimum Gasteiger partial charge on any atom is -0.870 e. The maximum Gasteiger partial charge on any atom is 1.00 e. The molecule has 0 radical (unpaired) electrons. The predicted octanol–water partition coefficient (Wildman–Crippen LogP) is 4.04. The summed E-state index contributed by atoms with van der Waals surface area (Å²) < 4.78 is 50.8. The second-order valence-corrected chi connectivity index (χ2v) is 15.6. The monoisotopic (exact) mass is 701 g/mol. The number of carboxylic acids is 1. The first-order valence-electron chi connectivity index (χ1n) is 15.3. The number of hydrogen-bond donors (Lipinski definition) is 2. The van der Waals surface area contributed by atoms with Gasteiger partial charge in [0.2, 0.25) is 19.7 Å². The number of nitrogens with one attached hydrogen (secondary N) is 1. The predicted molar refractivity (Wildman–Crippen MR) is 183 cm³/mol. The van der Waals surface area contributed by atoms with Crippen molar-refractivity contribution in [2.45, 2.75) is 83.8 Å². The van der Waals surface area contributed by atoms with E-state index in [1.807, 2.05) is 25.2 Å². The van der Waals surface area contributed by atoms with Gasteiger partial charge in [0.1, 0.15) is 0 Å². The molecule has 2 aliphatic carbocycles. The molecule has 2 aliphatic rings. The first kappa shape index (κ1) is 41.3. The summed E-state index contributed by atoms with van der Waals surface area (Å²) in [7, 11) is -4.99. The number of aliphatic carboxylic acids is 1. The molecule has 3 N–H and O–H groups in total. The molecule has 0 aliphatic heterocycles. The third kappa shape index (κ3) is 9.44. The number of rotatable bonds is 8. The van der Waals surface area contributed by atoms with E-state index in [4.69, 9.17) is 5.11 Å². The Balaban J connectivity index is 0.000000314. The SMILES string of the molecule is C.CNC[C@@H]1CCCc2cc(S(=O)(=O)c3ccccc3)ccc21.O=C(O)C[C@@H]1CCCc2cc(S(=O)(=O)c3ccccc3)ccc21.[Na+].[OH-]. The van der Waals surface area contributed by atoms with Crippen LogP contribution in [0, 0.1) is 0 Å². The summed E-state index contributed by atoms with van der Waals surface area (Å²) in [5.74, 6) is -0.351. The summed E-state index contributed by atoms with van der Waals surface area (Å²) in [6.07, 6.45) is 5.87. The van der Waals surface area contributed by atoms with Gasteiger partial charge in [-0.2, -0.15) is 0 Å². The molecule has 4 aromatic carbocycles. The number of sulfone groups is 2. The third-order valence-electron chi connectivity index (χ3n) is 8.71. The van der Waals surface area contributed by atoms with Gasteiger partial charge in [0.25, 0.3) is 0 Å². The molecule has 0 aromatic heterocycles. The van der Waals surface area contributed by atoms with Gasteiger partial charge < -0.3 is 15.9 Å². The van der Waals surface area contributed by atoms with Crippen LogP contribution in [0.3, 0.4) is 0 Å². The molecular formula is C37H44NNaO7S2. The van der Waals surface area contributed by atoms with Gasteiger partial charge in [0, 0.05) is 6.54 Å². The summed E-state index contributed by atoms with van der Waals surface area (Å²) in [5.41, 5.74) is 4.42. The van der Waals surface area contributed by atoms with Gasteiger partial charge in [-0.1, -0.05) is 56.0 Å². The van der Waals surface area contributed by atoms with Crippen molar-refractivity contribution in [2.24, 2.45) is 0 Å². The van der Waals surface area contributed by atoms with E-state index in [1.54, 1.807) is 78.9 Å². The number of carbonyl (C=O) groups is 1. The van der Waals surface area contributed by atoms with E-state index in [1.165, 1.54) is 17.5 Å². The fraction of sp³-hybridized carbons (Fsp3) is 0.324. The minimum absolute atomic E-state index is 0. The maximum atomic E-state index is 12.7. The molecule has 0 amide bonds. The zero-order valence-electron chi connectivity index (χ0n) is 26.8. The Kier molecular flexibility index (Phi) is 15.7.